The van der Waals surface area contributed by atoms with E-state index in [4.69, 9.17) is 16.7 Å². The summed E-state index contributed by atoms with van der Waals surface area (Å²) in [7, 11) is -3.60. The fourth-order valence-electron chi connectivity index (χ4n) is 3.09. The summed E-state index contributed by atoms with van der Waals surface area (Å²) >= 11 is 6.06. The van der Waals surface area contributed by atoms with Crippen LogP contribution < -0.4 is 10.6 Å². The summed E-state index contributed by atoms with van der Waals surface area (Å²) in [4.78, 5) is 24.7. The predicted molar refractivity (Wildman–Crippen MR) is 127 cm³/mol. The van der Waals surface area contributed by atoms with Crippen LogP contribution in [0.2, 0.25) is 5.02 Å². The Bertz CT molecular complexity index is 1260. The Morgan fingerprint density at radius 3 is 2.12 bits per heavy atom. The first kappa shape index (κ1) is 24.4. The van der Waals surface area contributed by atoms with Gasteiger partial charge in [0.15, 0.2) is 9.84 Å². The molecule has 0 unspecified atom stereocenters. The number of halogens is 1. The molecule has 0 fully saturated rings. The number of sulfone groups is 1. The molecule has 0 saturated heterocycles. The van der Waals surface area contributed by atoms with E-state index in [1.807, 2.05) is 6.92 Å². The number of aliphatic hydroxyl groups excluding tert-OH is 1. The van der Waals surface area contributed by atoms with E-state index in [0.29, 0.717) is 23.2 Å². The number of carbonyl (C=O) groups is 2. The summed E-state index contributed by atoms with van der Waals surface area (Å²) < 4.78 is 25.3. The quantitative estimate of drug-likeness (QED) is 0.460. The van der Waals surface area contributed by atoms with Crippen molar-refractivity contribution in [1.29, 1.82) is 0 Å². The molecule has 3 rings (SSSR count). The minimum atomic E-state index is -3.60. The van der Waals surface area contributed by atoms with Gasteiger partial charge < -0.3 is 10.4 Å². The number of carbonyl (C=O) groups excluding carboxylic acids is 2. The highest BCUT2D eigenvalue weighted by molar-refractivity contribution is 7.90. The van der Waals surface area contributed by atoms with Gasteiger partial charge in [0, 0.05) is 5.69 Å². The van der Waals surface area contributed by atoms with Crippen LogP contribution in [0.25, 0.3) is 0 Å². The van der Waals surface area contributed by atoms with E-state index >= 15 is 0 Å². The van der Waals surface area contributed by atoms with Crippen LogP contribution in [-0.4, -0.2) is 25.5 Å². The lowest BCUT2D eigenvalue weighted by molar-refractivity contribution is 0.0967. The Balaban J connectivity index is 1.63. The molecule has 9 heteroatoms. The third kappa shape index (κ3) is 6.41. The molecule has 0 aliphatic rings. The van der Waals surface area contributed by atoms with Gasteiger partial charge in [-0.3, -0.25) is 10.1 Å². The summed E-state index contributed by atoms with van der Waals surface area (Å²) in [6.45, 7) is 1.83. The molecule has 0 saturated carbocycles. The second-order valence-electron chi connectivity index (χ2n) is 7.33. The minimum Gasteiger partial charge on any atom is -0.392 e. The summed E-state index contributed by atoms with van der Waals surface area (Å²) in [6.07, 6.45) is 0.715. The number of anilines is 1. The van der Waals surface area contributed by atoms with E-state index in [1.165, 1.54) is 24.3 Å². The van der Waals surface area contributed by atoms with Crippen LogP contribution in [0.4, 0.5) is 10.5 Å². The maximum atomic E-state index is 12.7. The summed E-state index contributed by atoms with van der Waals surface area (Å²) in [5, 5.41) is 14.0. The largest absolute Gasteiger partial charge is 0.392 e. The van der Waals surface area contributed by atoms with Gasteiger partial charge in [0.2, 0.25) is 0 Å². The average molecular weight is 487 g/mol. The van der Waals surface area contributed by atoms with Crippen LogP contribution in [0.1, 0.15) is 34.0 Å². The molecular weight excluding hydrogens is 464 g/mol. The molecule has 3 N–H and O–H groups in total. The topological polar surface area (TPSA) is 113 Å². The smallest absolute Gasteiger partial charge is 0.326 e. The maximum absolute atomic E-state index is 12.7. The van der Waals surface area contributed by atoms with Crippen LogP contribution in [0.5, 0.6) is 0 Å². The summed E-state index contributed by atoms with van der Waals surface area (Å²) in [5.41, 5.74) is 2.72. The number of rotatable bonds is 7. The molecule has 3 amide bonds. The van der Waals surface area contributed by atoms with Gasteiger partial charge in [0.1, 0.15) is 0 Å². The highest BCUT2D eigenvalue weighted by atomic mass is 35.5. The summed E-state index contributed by atoms with van der Waals surface area (Å²) in [5.74, 6) is -0.836. The number of hydrogen-bond donors (Lipinski definition) is 3. The number of benzene rings is 3. The van der Waals surface area contributed by atoms with Crippen LogP contribution in [0.3, 0.4) is 0 Å². The number of aryl methyl sites for hydroxylation is 1. The Morgan fingerprint density at radius 1 is 0.909 bits per heavy atom. The molecule has 7 nitrogen and oxygen atoms in total. The SMILES string of the molecule is CCc1ccc(Cl)c(C(=O)NC(=O)Nc2ccc(S(=O)(=O)Cc3ccc(CO)cc3)cc2)c1. The number of hydrogen-bond acceptors (Lipinski definition) is 5. The Morgan fingerprint density at radius 2 is 1.52 bits per heavy atom. The van der Waals surface area contributed by atoms with Crippen molar-refractivity contribution >= 4 is 39.1 Å². The van der Waals surface area contributed by atoms with Gasteiger partial charge in [-0.25, -0.2) is 13.2 Å². The zero-order valence-corrected chi connectivity index (χ0v) is 19.4. The third-order valence-electron chi connectivity index (χ3n) is 4.94. The Hall–Kier alpha value is -3.20. The van der Waals surface area contributed by atoms with Crippen LogP contribution >= 0.6 is 11.6 Å². The molecule has 0 aromatic heterocycles. The van der Waals surface area contributed by atoms with Gasteiger partial charge in [-0.05, 0) is 59.5 Å². The molecule has 0 aliphatic heterocycles. The van der Waals surface area contributed by atoms with Gasteiger partial charge in [-0.15, -0.1) is 0 Å². The molecular formula is C24H23ClN2O5S. The first-order valence-electron chi connectivity index (χ1n) is 10.1. The van der Waals surface area contributed by atoms with Gasteiger partial charge in [-0.1, -0.05) is 48.9 Å². The lowest BCUT2D eigenvalue weighted by Gasteiger charge is -2.10. The fraction of sp³-hybridized carbons (Fsp3) is 0.167. The van der Waals surface area contributed by atoms with Crippen molar-refractivity contribution in [2.75, 3.05) is 5.32 Å². The Kier molecular flexibility index (Phi) is 7.86. The maximum Gasteiger partial charge on any atom is 0.326 e. The third-order valence-corrected chi connectivity index (χ3v) is 6.98. The molecule has 0 radical (unpaired) electrons. The highest BCUT2D eigenvalue weighted by Crippen LogP contribution is 2.20. The van der Waals surface area contributed by atoms with Crippen molar-refractivity contribution in [2.24, 2.45) is 0 Å². The number of nitrogens with one attached hydrogen (secondary N) is 2. The molecule has 3 aromatic rings. The highest BCUT2D eigenvalue weighted by Gasteiger charge is 2.17. The molecule has 3 aromatic carbocycles. The summed E-state index contributed by atoms with van der Waals surface area (Å²) in [6, 6.07) is 16.6. The van der Waals surface area contributed by atoms with E-state index in [2.05, 4.69) is 10.6 Å². The van der Waals surface area contributed by atoms with E-state index in [0.717, 1.165) is 5.56 Å². The second kappa shape index (κ2) is 10.6. The first-order chi connectivity index (χ1) is 15.7. The second-order valence-corrected chi connectivity index (χ2v) is 9.73. The lowest BCUT2D eigenvalue weighted by atomic mass is 10.1. The van der Waals surface area contributed by atoms with Crippen molar-refractivity contribution in [2.45, 2.75) is 30.6 Å². The van der Waals surface area contributed by atoms with Gasteiger partial charge in [0.25, 0.3) is 5.91 Å². The zero-order chi connectivity index (χ0) is 24.0. The lowest BCUT2D eigenvalue weighted by Crippen LogP contribution is -2.34. The monoisotopic (exact) mass is 486 g/mol. The van der Waals surface area contributed by atoms with Crippen LogP contribution in [-0.2, 0) is 28.6 Å². The zero-order valence-electron chi connectivity index (χ0n) is 17.8. The van der Waals surface area contributed by atoms with E-state index in [-0.39, 0.29) is 27.8 Å². The predicted octanol–water partition coefficient (Wildman–Crippen LogP) is 4.33. The molecule has 0 aliphatic carbocycles. The van der Waals surface area contributed by atoms with Crippen LogP contribution in [0, 0.1) is 0 Å². The molecule has 0 bridgehead atoms. The van der Waals surface area contributed by atoms with Crippen molar-refractivity contribution < 1.29 is 23.1 Å². The van der Waals surface area contributed by atoms with Crippen molar-refractivity contribution in [3.63, 3.8) is 0 Å². The number of imide groups is 1. The van der Waals surface area contributed by atoms with Crippen molar-refractivity contribution in [1.82, 2.24) is 5.32 Å². The average Bonchev–Trinajstić information content (AvgIpc) is 2.80. The standard InChI is InChI=1S/C24H23ClN2O5S/c1-2-16-7-12-22(25)21(13-16)23(29)27-24(30)26-19-8-10-20(11-9-19)33(31,32)15-18-5-3-17(14-28)4-6-18/h3-13,28H,2,14-15H2,1H3,(H2,26,27,29,30). The van der Waals surface area contributed by atoms with Crippen molar-refractivity contribution in [3.05, 3.63) is 94.0 Å². The van der Waals surface area contributed by atoms with Gasteiger partial charge >= 0.3 is 6.03 Å². The molecule has 0 spiro atoms. The van der Waals surface area contributed by atoms with Crippen molar-refractivity contribution in [3.8, 4) is 0 Å². The molecule has 0 atom stereocenters. The van der Waals surface area contributed by atoms with E-state index in [1.54, 1.807) is 42.5 Å². The molecule has 0 heterocycles. The molecule has 172 valence electrons. The minimum absolute atomic E-state index is 0.0962. The van der Waals surface area contributed by atoms with Crippen LogP contribution in [0.15, 0.2) is 71.6 Å². The van der Waals surface area contributed by atoms with E-state index < -0.39 is 21.8 Å². The normalized spacial score (nSPS) is 11.1. The fourth-order valence-corrected chi connectivity index (χ4v) is 4.64. The van der Waals surface area contributed by atoms with E-state index in [9.17, 15) is 18.0 Å². The molecule has 33 heavy (non-hydrogen) atoms. The number of amides is 3. The number of aliphatic hydroxyl groups is 1. The first-order valence-corrected chi connectivity index (χ1v) is 12.2. The number of urea groups is 1. The van der Waals surface area contributed by atoms with Gasteiger partial charge in [-0.2, -0.15) is 0 Å². The van der Waals surface area contributed by atoms with Gasteiger partial charge in [0.05, 0.1) is 27.8 Å². The Labute approximate surface area is 197 Å².